The first-order chi connectivity index (χ1) is 8.82. The molecule has 0 bridgehead atoms. The summed E-state index contributed by atoms with van der Waals surface area (Å²) in [5.41, 5.74) is 0.509. The molecular formula is C17H36N2. The molecule has 1 N–H and O–H groups in total. The Morgan fingerprint density at radius 2 is 1.74 bits per heavy atom. The smallest absolute Gasteiger partial charge is 0.0166 e. The van der Waals surface area contributed by atoms with Gasteiger partial charge in [0.05, 0.1) is 0 Å². The number of nitrogens with one attached hydrogen (secondary N) is 1. The van der Waals surface area contributed by atoms with Gasteiger partial charge in [-0.1, -0.05) is 27.7 Å². The van der Waals surface area contributed by atoms with Crippen LogP contribution >= 0.6 is 0 Å². The van der Waals surface area contributed by atoms with Gasteiger partial charge < -0.3 is 10.2 Å². The Kier molecular flexibility index (Phi) is 6.82. The number of nitrogens with zero attached hydrogens (tertiary/aromatic N) is 1. The van der Waals surface area contributed by atoms with Crippen LogP contribution in [0.5, 0.6) is 0 Å². The summed E-state index contributed by atoms with van der Waals surface area (Å²) in [6, 6.07) is 0.616. The molecule has 1 rings (SSSR count). The Morgan fingerprint density at radius 1 is 1.16 bits per heavy atom. The van der Waals surface area contributed by atoms with Crippen LogP contribution < -0.4 is 5.32 Å². The zero-order chi connectivity index (χ0) is 14.5. The van der Waals surface area contributed by atoms with Crippen molar-refractivity contribution in [3.05, 3.63) is 0 Å². The second kappa shape index (κ2) is 7.64. The topological polar surface area (TPSA) is 15.3 Å². The van der Waals surface area contributed by atoms with Gasteiger partial charge in [-0.25, -0.2) is 0 Å². The molecule has 19 heavy (non-hydrogen) atoms. The van der Waals surface area contributed by atoms with Crippen molar-refractivity contribution >= 4 is 0 Å². The Bertz CT molecular complexity index is 236. The van der Waals surface area contributed by atoms with Crippen molar-refractivity contribution in [1.82, 2.24) is 10.2 Å². The van der Waals surface area contributed by atoms with E-state index >= 15 is 0 Å². The molecule has 1 aliphatic carbocycles. The predicted octanol–water partition coefficient (Wildman–Crippen LogP) is 3.77. The van der Waals surface area contributed by atoms with Crippen LogP contribution in [-0.2, 0) is 0 Å². The average Bonchev–Trinajstić information content (AvgIpc) is 2.35. The lowest BCUT2D eigenvalue weighted by atomic mass is 9.70. The monoisotopic (exact) mass is 268 g/mol. The molecular weight excluding hydrogens is 232 g/mol. The molecule has 0 radical (unpaired) electrons. The van der Waals surface area contributed by atoms with Crippen LogP contribution in [0.15, 0.2) is 0 Å². The third-order valence-corrected chi connectivity index (χ3v) is 4.95. The minimum Gasteiger partial charge on any atom is -0.313 e. The quantitative estimate of drug-likeness (QED) is 0.789. The van der Waals surface area contributed by atoms with Crippen molar-refractivity contribution < 1.29 is 0 Å². The molecule has 2 nitrogen and oxygen atoms in total. The number of hydrogen-bond donors (Lipinski definition) is 1. The van der Waals surface area contributed by atoms with Crippen molar-refractivity contribution in [3.63, 3.8) is 0 Å². The lowest BCUT2D eigenvalue weighted by Crippen LogP contribution is -2.40. The third-order valence-electron chi connectivity index (χ3n) is 4.95. The van der Waals surface area contributed by atoms with Crippen LogP contribution in [0.3, 0.4) is 0 Å². The lowest BCUT2D eigenvalue weighted by Gasteiger charge is -2.37. The lowest BCUT2D eigenvalue weighted by molar-refractivity contribution is 0.147. The molecule has 0 amide bonds. The summed E-state index contributed by atoms with van der Waals surface area (Å²) in [4.78, 5) is 2.38. The van der Waals surface area contributed by atoms with Crippen LogP contribution in [-0.4, -0.2) is 37.6 Å². The number of hydrogen-bond acceptors (Lipinski definition) is 2. The minimum absolute atomic E-state index is 0.509. The molecule has 0 aromatic rings. The molecule has 1 fully saturated rings. The molecule has 0 heterocycles. The predicted molar refractivity (Wildman–Crippen MR) is 85.5 cm³/mol. The summed E-state index contributed by atoms with van der Waals surface area (Å²) in [5, 5.41) is 3.73. The van der Waals surface area contributed by atoms with Gasteiger partial charge in [0.2, 0.25) is 0 Å². The van der Waals surface area contributed by atoms with E-state index in [0.717, 1.165) is 24.9 Å². The van der Waals surface area contributed by atoms with E-state index in [1.54, 1.807) is 0 Å². The van der Waals surface area contributed by atoms with Gasteiger partial charge in [0.25, 0.3) is 0 Å². The first kappa shape index (κ1) is 17.0. The standard InChI is InChI=1S/C17H36N2/c1-7-19(6)13-14(2)18-12-15-8-10-16(11-9-15)17(3,4)5/h14-16,18H,7-13H2,1-6H3. The molecule has 1 unspecified atom stereocenters. The van der Waals surface area contributed by atoms with Crippen LogP contribution in [0.4, 0.5) is 0 Å². The minimum atomic E-state index is 0.509. The fraction of sp³-hybridized carbons (Fsp3) is 1.00. The average molecular weight is 268 g/mol. The van der Waals surface area contributed by atoms with E-state index in [2.05, 4.69) is 51.9 Å². The first-order valence-corrected chi connectivity index (χ1v) is 8.24. The fourth-order valence-electron chi connectivity index (χ4n) is 3.26. The van der Waals surface area contributed by atoms with Crippen LogP contribution in [0.2, 0.25) is 0 Å². The fourth-order valence-corrected chi connectivity index (χ4v) is 3.26. The second-order valence-electron chi connectivity index (χ2n) is 7.75. The molecule has 0 aliphatic heterocycles. The summed E-state index contributed by atoms with van der Waals surface area (Å²) in [7, 11) is 2.20. The van der Waals surface area contributed by atoms with E-state index in [0.29, 0.717) is 11.5 Å². The maximum Gasteiger partial charge on any atom is 0.0166 e. The SMILES string of the molecule is CCN(C)CC(C)NCC1CCC(C(C)(C)C)CC1. The zero-order valence-electron chi connectivity index (χ0n) is 14.1. The van der Waals surface area contributed by atoms with Gasteiger partial charge in [0.1, 0.15) is 0 Å². The van der Waals surface area contributed by atoms with Crippen LogP contribution in [0, 0.1) is 17.3 Å². The van der Waals surface area contributed by atoms with E-state index in [-0.39, 0.29) is 0 Å². The summed E-state index contributed by atoms with van der Waals surface area (Å²) in [6.45, 7) is 15.3. The number of likely N-dealkylation sites (N-methyl/N-ethyl adjacent to an activating group) is 1. The molecule has 114 valence electrons. The van der Waals surface area contributed by atoms with Gasteiger partial charge in [0.15, 0.2) is 0 Å². The summed E-state index contributed by atoms with van der Waals surface area (Å²) in [5.74, 6) is 1.85. The van der Waals surface area contributed by atoms with Gasteiger partial charge in [0, 0.05) is 12.6 Å². The molecule has 0 saturated heterocycles. The van der Waals surface area contributed by atoms with Crippen molar-refractivity contribution in [1.29, 1.82) is 0 Å². The van der Waals surface area contributed by atoms with Gasteiger partial charge in [-0.2, -0.15) is 0 Å². The van der Waals surface area contributed by atoms with E-state index in [4.69, 9.17) is 0 Å². The summed E-state index contributed by atoms with van der Waals surface area (Å²) < 4.78 is 0. The normalized spacial score (nSPS) is 26.7. The highest BCUT2D eigenvalue weighted by Crippen LogP contribution is 2.39. The van der Waals surface area contributed by atoms with Crippen molar-refractivity contribution in [3.8, 4) is 0 Å². The number of rotatable bonds is 6. The molecule has 2 heteroatoms. The highest BCUT2D eigenvalue weighted by Gasteiger charge is 2.29. The molecule has 0 aromatic heterocycles. The van der Waals surface area contributed by atoms with E-state index in [1.165, 1.54) is 32.2 Å². The summed E-state index contributed by atoms with van der Waals surface area (Å²) in [6.07, 6.45) is 5.70. The second-order valence-corrected chi connectivity index (χ2v) is 7.75. The van der Waals surface area contributed by atoms with Gasteiger partial charge in [-0.05, 0) is 70.0 Å². The van der Waals surface area contributed by atoms with Gasteiger partial charge in [-0.3, -0.25) is 0 Å². The molecule has 1 aliphatic rings. The van der Waals surface area contributed by atoms with Crippen LogP contribution in [0.1, 0.15) is 60.3 Å². The largest absolute Gasteiger partial charge is 0.313 e. The van der Waals surface area contributed by atoms with Crippen molar-refractivity contribution in [2.75, 3.05) is 26.7 Å². The maximum atomic E-state index is 3.73. The van der Waals surface area contributed by atoms with Crippen LogP contribution in [0.25, 0.3) is 0 Å². The Hall–Kier alpha value is -0.0800. The summed E-state index contributed by atoms with van der Waals surface area (Å²) >= 11 is 0. The Balaban J connectivity index is 2.19. The molecule has 1 atom stereocenters. The molecule has 0 spiro atoms. The van der Waals surface area contributed by atoms with E-state index in [9.17, 15) is 0 Å². The Labute approximate surface area is 121 Å². The highest BCUT2D eigenvalue weighted by molar-refractivity contribution is 4.81. The third kappa shape index (κ3) is 6.27. The first-order valence-electron chi connectivity index (χ1n) is 8.24. The Morgan fingerprint density at radius 3 is 2.21 bits per heavy atom. The highest BCUT2D eigenvalue weighted by atomic mass is 15.1. The van der Waals surface area contributed by atoms with Crippen molar-refractivity contribution in [2.24, 2.45) is 17.3 Å². The van der Waals surface area contributed by atoms with Crippen molar-refractivity contribution in [2.45, 2.75) is 66.3 Å². The van der Waals surface area contributed by atoms with Gasteiger partial charge >= 0.3 is 0 Å². The molecule has 1 saturated carbocycles. The van der Waals surface area contributed by atoms with Gasteiger partial charge in [-0.15, -0.1) is 0 Å². The maximum absolute atomic E-state index is 3.73. The van der Waals surface area contributed by atoms with E-state index < -0.39 is 0 Å². The molecule has 0 aromatic carbocycles. The van der Waals surface area contributed by atoms with E-state index in [1.807, 2.05) is 0 Å². The zero-order valence-corrected chi connectivity index (χ0v) is 14.1.